The number of aryl methyl sites for hydroxylation is 1. The summed E-state index contributed by atoms with van der Waals surface area (Å²) in [5.41, 5.74) is 3.16. The summed E-state index contributed by atoms with van der Waals surface area (Å²) < 4.78 is 27.0. The van der Waals surface area contributed by atoms with Crippen LogP contribution in [0.5, 0.6) is 0 Å². The van der Waals surface area contributed by atoms with Gasteiger partial charge in [0.15, 0.2) is 0 Å². The van der Waals surface area contributed by atoms with Gasteiger partial charge in [0, 0.05) is 24.0 Å². The number of rotatable bonds is 12. The van der Waals surface area contributed by atoms with Gasteiger partial charge in [0.2, 0.25) is 21.8 Å². The molecule has 3 aromatic rings. The van der Waals surface area contributed by atoms with Gasteiger partial charge in [-0.2, -0.15) is 0 Å². The monoisotopic (exact) mass is 609 g/mol. The van der Waals surface area contributed by atoms with Gasteiger partial charge in [0.05, 0.1) is 11.9 Å². The van der Waals surface area contributed by atoms with Crippen molar-refractivity contribution in [2.24, 2.45) is 0 Å². The summed E-state index contributed by atoms with van der Waals surface area (Å²) in [6.07, 6.45) is 7.28. The molecule has 1 aliphatic carbocycles. The second kappa shape index (κ2) is 14.7. The molecule has 1 aliphatic rings. The topological polar surface area (TPSA) is 86.8 Å². The molecule has 0 unspecified atom stereocenters. The van der Waals surface area contributed by atoms with Gasteiger partial charge in [-0.05, 0) is 60.2 Å². The Labute approximate surface area is 254 Å². The van der Waals surface area contributed by atoms with Gasteiger partial charge < -0.3 is 10.2 Å². The zero-order chi connectivity index (χ0) is 30.1. The van der Waals surface area contributed by atoms with Crippen LogP contribution in [0.3, 0.4) is 0 Å². The summed E-state index contributed by atoms with van der Waals surface area (Å²) in [5, 5.41) is 3.77. The number of benzene rings is 3. The van der Waals surface area contributed by atoms with Crippen LogP contribution in [0.2, 0.25) is 5.02 Å². The molecule has 1 N–H and O–H groups in total. The summed E-state index contributed by atoms with van der Waals surface area (Å²) in [4.78, 5) is 29.7. The fourth-order valence-electron chi connectivity index (χ4n) is 5.40. The number of amides is 2. The molecule has 9 heteroatoms. The van der Waals surface area contributed by atoms with Gasteiger partial charge >= 0.3 is 0 Å². The Kier molecular flexibility index (Phi) is 11.0. The van der Waals surface area contributed by atoms with Crippen molar-refractivity contribution < 1.29 is 18.0 Å². The van der Waals surface area contributed by atoms with Crippen LogP contribution in [0, 0.1) is 0 Å². The van der Waals surface area contributed by atoms with Gasteiger partial charge in [-0.15, -0.1) is 0 Å². The number of halogens is 1. The standard InChI is InChI=1S/C33H40ClN3O4S/c1-3-25-16-20-30(21-17-25)37(42(2,40)41)24-32(38)36(23-27-14-18-28(34)19-15-27)31(22-26-10-6-4-7-11-26)33(39)35-29-12-8-5-9-13-29/h4,6-7,10-11,14-21,29,31H,3,5,8-9,12-13,22-24H2,1-2H3,(H,35,39)/t31-/m0/s1. The van der Waals surface area contributed by atoms with Crippen molar-refractivity contribution in [3.05, 3.63) is 101 Å². The molecule has 0 saturated heterocycles. The SMILES string of the molecule is CCc1ccc(N(CC(=O)N(Cc2ccc(Cl)cc2)[C@@H](Cc2ccccc2)C(=O)NC2CCCCC2)S(C)(=O)=O)cc1. The molecular formula is C33H40ClN3O4S. The highest BCUT2D eigenvalue weighted by Crippen LogP contribution is 2.23. The van der Waals surface area contributed by atoms with Crippen molar-refractivity contribution in [3.63, 3.8) is 0 Å². The highest BCUT2D eigenvalue weighted by atomic mass is 35.5. The molecule has 7 nitrogen and oxygen atoms in total. The molecule has 3 aromatic carbocycles. The first-order chi connectivity index (χ1) is 20.1. The first-order valence-corrected chi connectivity index (χ1v) is 16.8. The van der Waals surface area contributed by atoms with Crippen LogP contribution < -0.4 is 9.62 Å². The molecule has 1 fully saturated rings. The highest BCUT2D eigenvalue weighted by Gasteiger charge is 2.34. The average molecular weight is 610 g/mol. The van der Waals surface area contributed by atoms with E-state index in [1.165, 1.54) is 4.90 Å². The first-order valence-electron chi connectivity index (χ1n) is 14.6. The second-order valence-corrected chi connectivity index (χ2v) is 13.3. The Bertz CT molecular complexity index is 1420. The number of anilines is 1. The summed E-state index contributed by atoms with van der Waals surface area (Å²) in [6.45, 7) is 1.71. The van der Waals surface area contributed by atoms with Crippen molar-refractivity contribution in [1.82, 2.24) is 10.2 Å². The van der Waals surface area contributed by atoms with Crippen molar-refractivity contribution in [2.75, 3.05) is 17.1 Å². The van der Waals surface area contributed by atoms with E-state index in [2.05, 4.69) is 5.32 Å². The summed E-state index contributed by atoms with van der Waals surface area (Å²) in [5.74, 6) is -0.694. The van der Waals surface area contributed by atoms with Gasteiger partial charge in [0.25, 0.3) is 0 Å². The van der Waals surface area contributed by atoms with Crippen LogP contribution in [0.1, 0.15) is 55.7 Å². The molecule has 0 heterocycles. The number of hydrogen-bond acceptors (Lipinski definition) is 4. The van der Waals surface area contributed by atoms with E-state index in [1.54, 1.807) is 24.3 Å². The average Bonchev–Trinajstić information content (AvgIpc) is 2.99. The van der Waals surface area contributed by atoms with Crippen molar-refractivity contribution >= 4 is 39.1 Å². The molecule has 0 bridgehead atoms. The Morgan fingerprint density at radius 2 is 1.50 bits per heavy atom. The van der Waals surface area contributed by atoms with E-state index in [0.29, 0.717) is 17.1 Å². The van der Waals surface area contributed by atoms with Crippen molar-refractivity contribution in [1.29, 1.82) is 0 Å². The molecule has 0 spiro atoms. The highest BCUT2D eigenvalue weighted by molar-refractivity contribution is 7.92. The van der Waals surface area contributed by atoms with E-state index < -0.39 is 28.5 Å². The Morgan fingerprint density at radius 1 is 0.881 bits per heavy atom. The minimum absolute atomic E-state index is 0.0570. The zero-order valence-corrected chi connectivity index (χ0v) is 25.9. The van der Waals surface area contributed by atoms with E-state index in [1.807, 2.05) is 61.5 Å². The maximum Gasteiger partial charge on any atom is 0.244 e. The first kappa shape index (κ1) is 31.6. The van der Waals surface area contributed by atoms with E-state index in [4.69, 9.17) is 11.6 Å². The molecule has 2 amide bonds. The van der Waals surface area contributed by atoms with Crippen LogP contribution in [-0.2, 0) is 39.0 Å². The lowest BCUT2D eigenvalue weighted by Gasteiger charge is -2.35. The summed E-state index contributed by atoms with van der Waals surface area (Å²) in [7, 11) is -3.80. The van der Waals surface area contributed by atoms with E-state index in [0.717, 1.165) is 65.8 Å². The van der Waals surface area contributed by atoms with Crippen molar-refractivity contribution in [3.8, 4) is 0 Å². The molecular weight excluding hydrogens is 570 g/mol. The largest absolute Gasteiger partial charge is 0.352 e. The fourth-order valence-corrected chi connectivity index (χ4v) is 6.37. The third kappa shape index (κ3) is 8.82. The molecule has 224 valence electrons. The number of nitrogens with zero attached hydrogens (tertiary/aromatic N) is 2. The summed E-state index contributed by atoms with van der Waals surface area (Å²) >= 11 is 6.13. The lowest BCUT2D eigenvalue weighted by molar-refractivity contribution is -0.140. The Hall–Kier alpha value is -3.36. The van der Waals surface area contributed by atoms with Gasteiger partial charge in [-0.25, -0.2) is 8.42 Å². The Morgan fingerprint density at radius 3 is 2.10 bits per heavy atom. The van der Waals surface area contributed by atoms with Gasteiger partial charge in [0.1, 0.15) is 12.6 Å². The number of carbonyl (C=O) groups is 2. The van der Waals surface area contributed by atoms with Crippen LogP contribution in [-0.4, -0.2) is 50.0 Å². The van der Waals surface area contributed by atoms with Gasteiger partial charge in [-0.1, -0.05) is 92.4 Å². The lowest BCUT2D eigenvalue weighted by Crippen LogP contribution is -2.55. The zero-order valence-electron chi connectivity index (χ0n) is 24.3. The smallest absolute Gasteiger partial charge is 0.244 e. The molecule has 0 radical (unpaired) electrons. The minimum atomic E-state index is -3.80. The normalized spacial score (nSPS) is 14.6. The van der Waals surface area contributed by atoms with Crippen LogP contribution in [0.15, 0.2) is 78.9 Å². The number of nitrogens with one attached hydrogen (secondary N) is 1. The third-order valence-corrected chi connectivity index (χ3v) is 9.19. The number of sulfonamides is 1. The molecule has 42 heavy (non-hydrogen) atoms. The lowest BCUT2D eigenvalue weighted by atomic mass is 9.94. The van der Waals surface area contributed by atoms with Crippen LogP contribution in [0.4, 0.5) is 5.69 Å². The second-order valence-electron chi connectivity index (χ2n) is 11.0. The van der Waals surface area contributed by atoms with E-state index in [-0.39, 0.29) is 18.5 Å². The van der Waals surface area contributed by atoms with E-state index >= 15 is 0 Å². The fraction of sp³-hybridized carbons (Fsp3) is 0.394. The Balaban J connectivity index is 1.70. The van der Waals surface area contributed by atoms with Crippen LogP contribution in [0.25, 0.3) is 0 Å². The van der Waals surface area contributed by atoms with E-state index in [9.17, 15) is 18.0 Å². The molecule has 1 atom stereocenters. The van der Waals surface area contributed by atoms with Gasteiger partial charge in [-0.3, -0.25) is 13.9 Å². The summed E-state index contributed by atoms with van der Waals surface area (Å²) in [6, 6.07) is 23.1. The predicted octanol–water partition coefficient (Wildman–Crippen LogP) is 5.76. The number of hydrogen-bond donors (Lipinski definition) is 1. The minimum Gasteiger partial charge on any atom is -0.352 e. The molecule has 4 rings (SSSR count). The maximum atomic E-state index is 14.2. The number of carbonyl (C=O) groups excluding carboxylic acids is 2. The van der Waals surface area contributed by atoms with Crippen molar-refractivity contribution in [2.45, 2.75) is 70.5 Å². The third-order valence-electron chi connectivity index (χ3n) is 7.80. The predicted molar refractivity (Wildman–Crippen MR) is 169 cm³/mol. The van der Waals surface area contributed by atoms with Crippen LogP contribution >= 0.6 is 11.6 Å². The molecule has 0 aromatic heterocycles. The molecule has 1 saturated carbocycles. The maximum absolute atomic E-state index is 14.2. The molecule has 0 aliphatic heterocycles. The quantitative estimate of drug-likeness (QED) is 0.283.